The quantitative estimate of drug-likeness (QED) is 0.464. The van der Waals surface area contributed by atoms with Crippen LogP contribution in [0.3, 0.4) is 0 Å². The highest BCUT2D eigenvalue weighted by Crippen LogP contribution is 2.28. The number of nitrogens with one attached hydrogen (secondary N) is 1. The molecule has 0 spiro atoms. The van der Waals surface area contributed by atoms with Crippen LogP contribution in [-0.4, -0.2) is 50.8 Å². The summed E-state index contributed by atoms with van der Waals surface area (Å²) < 4.78 is 25.1. The lowest BCUT2D eigenvalue weighted by molar-refractivity contribution is 0.0678. The number of likely N-dealkylation sites (tertiary alicyclic amines) is 1. The van der Waals surface area contributed by atoms with E-state index in [2.05, 4.69) is 9.62 Å². The maximum absolute atomic E-state index is 13.1. The minimum atomic E-state index is -3.36. The highest BCUT2D eigenvalue weighted by molar-refractivity contribution is 7.92. The molecule has 3 rings (SSSR count). The van der Waals surface area contributed by atoms with Crippen molar-refractivity contribution >= 4 is 33.0 Å². The van der Waals surface area contributed by atoms with E-state index >= 15 is 0 Å². The van der Waals surface area contributed by atoms with Crippen LogP contribution in [0, 0.1) is 11.3 Å². The second-order valence-electron chi connectivity index (χ2n) is 9.20. The van der Waals surface area contributed by atoms with E-state index in [0.29, 0.717) is 29.0 Å². The van der Waals surface area contributed by atoms with Gasteiger partial charge >= 0.3 is 0 Å². The summed E-state index contributed by atoms with van der Waals surface area (Å²) >= 11 is 0. The molecule has 0 aliphatic carbocycles. The standard InChI is InChI=1S/C24H31N3O4S/c1-24(2,23(29)19-6-10-21(11-7-19)26-32(3,30)31)16-27-14-12-18(13-15-27)22(28)17-4-8-20(25)9-5-17/h4-11,18,26H,12-16,25H2,1-3H3. The Morgan fingerprint density at radius 3 is 2.06 bits per heavy atom. The van der Waals surface area contributed by atoms with Gasteiger partial charge in [0, 0.05) is 40.4 Å². The van der Waals surface area contributed by atoms with Crippen molar-refractivity contribution in [2.45, 2.75) is 26.7 Å². The molecule has 0 aromatic heterocycles. The Bertz CT molecular complexity index is 1070. The first-order chi connectivity index (χ1) is 14.9. The predicted molar refractivity (Wildman–Crippen MR) is 127 cm³/mol. The molecule has 172 valence electrons. The number of rotatable bonds is 8. The average Bonchev–Trinajstić information content (AvgIpc) is 2.73. The summed E-state index contributed by atoms with van der Waals surface area (Å²) in [6.45, 7) is 5.96. The molecule has 1 saturated heterocycles. The number of hydrogen-bond acceptors (Lipinski definition) is 6. The number of nitrogens with two attached hydrogens (primary N) is 1. The van der Waals surface area contributed by atoms with Crippen LogP contribution in [-0.2, 0) is 10.0 Å². The first kappa shape index (κ1) is 23.9. The molecule has 0 unspecified atom stereocenters. The first-order valence-electron chi connectivity index (χ1n) is 10.7. The molecular formula is C24H31N3O4S. The highest BCUT2D eigenvalue weighted by Gasteiger charge is 2.33. The van der Waals surface area contributed by atoms with Gasteiger partial charge in [0.05, 0.1) is 6.26 Å². The second-order valence-corrected chi connectivity index (χ2v) is 10.9. The number of carbonyl (C=O) groups excluding carboxylic acids is 2. The smallest absolute Gasteiger partial charge is 0.229 e. The summed E-state index contributed by atoms with van der Waals surface area (Å²) in [7, 11) is -3.36. The minimum absolute atomic E-state index is 0.00322. The lowest BCUT2D eigenvalue weighted by atomic mass is 9.82. The van der Waals surface area contributed by atoms with Gasteiger partial charge in [-0.2, -0.15) is 0 Å². The molecule has 3 N–H and O–H groups in total. The van der Waals surface area contributed by atoms with E-state index in [1.54, 1.807) is 48.5 Å². The van der Waals surface area contributed by atoms with Gasteiger partial charge in [-0.05, 0) is 74.5 Å². The van der Waals surface area contributed by atoms with Gasteiger partial charge in [0.25, 0.3) is 0 Å². The molecule has 8 heteroatoms. The average molecular weight is 458 g/mol. The molecule has 1 fully saturated rings. The molecule has 0 saturated carbocycles. The van der Waals surface area contributed by atoms with Crippen LogP contribution in [0.2, 0.25) is 0 Å². The lowest BCUT2D eigenvalue weighted by Gasteiger charge is -2.36. The molecule has 1 heterocycles. The van der Waals surface area contributed by atoms with E-state index in [9.17, 15) is 18.0 Å². The number of hydrogen-bond donors (Lipinski definition) is 2. The molecule has 1 aliphatic heterocycles. The first-order valence-corrected chi connectivity index (χ1v) is 12.6. The van der Waals surface area contributed by atoms with Gasteiger partial charge < -0.3 is 10.6 Å². The molecular weight excluding hydrogens is 426 g/mol. The van der Waals surface area contributed by atoms with Gasteiger partial charge in [-0.3, -0.25) is 14.3 Å². The van der Waals surface area contributed by atoms with Crippen molar-refractivity contribution in [1.29, 1.82) is 0 Å². The maximum Gasteiger partial charge on any atom is 0.229 e. The summed E-state index contributed by atoms with van der Waals surface area (Å²) in [6.07, 6.45) is 2.61. The fourth-order valence-electron chi connectivity index (χ4n) is 4.16. The molecule has 2 aromatic carbocycles. The number of ketones is 2. The Morgan fingerprint density at radius 2 is 1.53 bits per heavy atom. The maximum atomic E-state index is 13.1. The lowest BCUT2D eigenvalue weighted by Crippen LogP contribution is -2.44. The number of sulfonamides is 1. The molecule has 7 nitrogen and oxygen atoms in total. The number of nitrogen functional groups attached to an aromatic ring is 1. The number of piperidine rings is 1. The van der Waals surface area contributed by atoms with Crippen LogP contribution >= 0.6 is 0 Å². The molecule has 0 amide bonds. The molecule has 32 heavy (non-hydrogen) atoms. The van der Waals surface area contributed by atoms with Crippen molar-refractivity contribution in [3.05, 3.63) is 59.7 Å². The van der Waals surface area contributed by atoms with Crippen molar-refractivity contribution < 1.29 is 18.0 Å². The van der Waals surface area contributed by atoms with E-state index in [4.69, 9.17) is 5.73 Å². The molecule has 2 aromatic rings. The summed E-state index contributed by atoms with van der Waals surface area (Å²) in [4.78, 5) is 28.1. The van der Waals surface area contributed by atoms with Gasteiger partial charge in [-0.1, -0.05) is 13.8 Å². The fourth-order valence-corrected chi connectivity index (χ4v) is 4.73. The zero-order chi connectivity index (χ0) is 23.5. The van der Waals surface area contributed by atoms with Crippen LogP contribution in [0.15, 0.2) is 48.5 Å². The summed E-state index contributed by atoms with van der Waals surface area (Å²) in [5.74, 6) is 0.148. The topological polar surface area (TPSA) is 110 Å². The van der Waals surface area contributed by atoms with E-state index in [0.717, 1.165) is 32.2 Å². The van der Waals surface area contributed by atoms with Crippen LogP contribution in [0.25, 0.3) is 0 Å². The van der Waals surface area contributed by atoms with Gasteiger partial charge in [-0.25, -0.2) is 8.42 Å². The van der Waals surface area contributed by atoms with Gasteiger partial charge in [0.1, 0.15) is 0 Å². The Kier molecular flexibility index (Phi) is 7.05. The number of nitrogens with zero attached hydrogens (tertiary/aromatic N) is 1. The normalized spacial score (nSPS) is 16.0. The Hall–Kier alpha value is -2.71. The minimum Gasteiger partial charge on any atom is -0.399 e. The number of carbonyl (C=O) groups is 2. The fraction of sp³-hybridized carbons (Fsp3) is 0.417. The van der Waals surface area contributed by atoms with E-state index in [-0.39, 0.29) is 17.5 Å². The van der Waals surface area contributed by atoms with E-state index in [1.165, 1.54) is 0 Å². The Balaban J connectivity index is 1.57. The Labute approximate surface area is 190 Å². The summed E-state index contributed by atoms with van der Waals surface area (Å²) in [6, 6.07) is 13.5. The van der Waals surface area contributed by atoms with Crippen LogP contribution in [0.5, 0.6) is 0 Å². The molecule has 0 radical (unpaired) electrons. The van der Waals surface area contributed by atoms with Crippen LogP contribution < -0.4 is 10.5 Å². The van der Waals surface area contributed by atoms with Crippen LogP contribution in [0.4, 0.5) is 11.4 Å². The van der Waals surface area contributed by atoms with Gasteiger partial charge in [-0.15, -0.1) is 0 Å². The number of benzene rings is 2. The van der Waals surface area contributed by atoms with Crippen molar-refractivity contribution in [2.75, 3.05) is 36.3 Å². The number of anilines is 2. The SMILES string of the molecule is CC(C)(CN1CCC(C(=O)c2ccc(N)cc2)CC1)C(=O)c1ccc(NS(C)(=O)=O)cc1. The summed E-state index contributed by atoms with van der Waals surface area (Å²) in [5.41, 5.74) is 7.40. The van der Waals surface area contributed by atoms with Crippen LogP contribution in [0.1, 0.15) is 47.4 Å². The highest BCUT2D eigenvalue weighted by atomic mass is 32.2. The second kappa shape index (κ2) is 9.42. The predicted octanol–water partition coefficient (Wildman–Crippen LogP) is 3.44. The van der Waals surface area contributed by atoms with Gasteiger partial charge in [0.2, 0.25) is 10.0 Å². The largest absolute Gasteiger partial charge is 0.399 e. The third-order valence-electron chi connectivity index (χ3n) is 5.84. The van der Waals surface area contributed by atoms with Crippen molar-refractivity contribution in [1.82, 2.24) is 4.90 Å². The number of Topliss-reactive ketones (excluding diaryl/α,β-unsaturated/α-hetero) is 2. The molecule has 0 atom stereocenters. The third kappa shape index (κ3) is 6.17. The monoisotopic (exact) mass is 457 g/mol. The van der Waals surface area contributed by atoms with E-state index < -0.39 is 15.4 Å². The van der Waals surface area contributed by atoms with Crippen molar-refractivity contribution in [2.24, 2.45) is 11.3 Å². The van der Waals surface area contributed by atoms with Crippen molar-refractivity contribution in [3.8, 4) is 0 Å². The third-order valence-corrected chi connectivity index (χ3v) is 6.44. The zero-order valence-electron chi connectivity index (χ0n) is 18.8. The molecule has 0 bridgehead atoms. The van der Waals surface area contributed by atoms with E-state index in [1.807, 2.05) is 13.8 Å². The van der Waals surface area contributed by atoms with Crippen molar-refractivity contribution in [3.63, 3.8) is 0 Å². The molecule has 1 aliphatic rings. The zero-order valence-corrected chi connectivity index (χ0v) is 19.6. The Morgan fingerprint density at radius 1 is 1.00 bits per heavy atom. The summed E-state index contributed by atoms with van der Waals surface area (Å²) in [5, 5.41) is 0. The van der Waals surface area contributed by atoms with Gasteiger partial charge in [0.15, 0.2) is 11.6 Å².